The van der Waals surface area contributed by atoms with E-state index in [4.69, 9.17) is 34.8 Å². The van der Waals surface area contributed by atoms with Gasteiger partial charge in [0.15, 0.2) is 5.78 Å². The van der Waals surface area contributed by atoms with E-state index in [2.05, 4.69) is 0 Å². The highest BCUT2D eigenvalue weighted by Gasteiger charge is 2.15. The second kappa shape index (κ2) is 5.27. The first-order valence-electron chi connectivity index (χ1n) is 4.94. The van der Waals surface area contributed by atoms with Crippen LogP contribution < -0.4 is 0 Å². The molecule has 0 bridgehead atoms. The van der Waals surface area contributed by atoms with Crippen LogP contribution in [0.1, 0.15) is 15.9 Å². The minimum absolute atomic E-state index is 0.0576. The summed E-state index contributed by atoms with van der Waals surface area (Å²) in [7, 11) is 0. The number of carbonyl (C=O) groups excluding carboxylic acids is 1. The third-order valence-corrected chi connectivity index (χ3v) is 3.33. The molecule has 0 atom stereocenters. The Kier molecular flexibility index (Phi) is 3.91. The SMILES string of the molecule is O=C(c1ccc(Cl)c(Cl)c1)c1ccc(Cl)cc1F. The Balaban J connectivity index is 2.44. The molecule has 5 heteroatoms. The average molecular weight is 304 g/mol. The van der Waals surface area contributed by atoms with Crippen molar-refractivity contribution >= 4 is 40.6 Å². The van der Waals surface area contributed by atoms with Crippen molar-refractivity contribution in [2.24, 2.45) is 0 Å². The number of hydrogen-bond donors (Lipinski definition) is 0. The summed E-state index contributed by atoms with van der Waals surface area (Å²) in [5.41, 5.74) is 0.211. The number of halogens is 4. The van der Waals surface area contributed by atoms with Gasteiger partial charge in [-0.1, -0.05) is 34.8 Å². The van der Waals surface area contributed by atoms with Gasteiger partial charge in [0, 0.05) is 10.6 Å². The fourth-order valence-corrected chi connectivity index (χ4v) is 1.92. The van der Waals surface area contributed by atoms with Crippen LogP contribution in [0.4, 0.5) is 4.39 Å². The largest absolute Gasteiger partial charge is 0.288 e. The van der Waals surface area contributed by atoms with Gasteiger partial charge in [0.2, 0.25) is 0 Å². The molecule has 0 saturated carbocycles. The van der Waals surface area contributed by atoms with Crippen LogP contribution in [-0.2, 0) is 0 Å². The van der Waals surface area contributed by atoms with Gasteiger partial charge < -0.3 is 0 Å². The zero-order chi connectivity index (χ0) is 13.3. The fraction of sp³-hybridized carbons (Fsp3) is 0. The molecule has 0 aliphatic carbocycles. The summed E-state index contributed by atoms with van der Waals surface area (Å²) in [6.45, 7) is 0. The molecular weight excluding hydrogens is 297 g/mol. The van der Waals surface area contributed by atoms with Crippen LogP contribution in [0.5, 0.6) is 0 Å². The maximum absolute atomic E-state index is 13.6. The van der Waals surface area contributed by atoms with Gasteiger partial charge in [0.1, 0.15) is 5.82 Å². The van der Waals surface area contributed by atoms with E-state index in [0.717, 1.165) is 6.07 Å². The smallest absolute Gasteiger partial charge is 0.196 e. The van der Waals surface area contributed by atoms with Gasteiger partial charge in [-0.15, -0.1) is 0 Å². The maximum atomic E-state index is 13.6. The van der Waals surface area contributed by atoms with Crippen molar-refractivity contribution in [3.05, 3.63) is 68.4 Å². The van der Waals surface area contributed by atoms with Crippen LogP contribution >= 0.6 is 34.8 Å². The van der Waals surface area contributed by atoms with Gasteiger partial charge in [-0.3, -0.25) is 4.79 Å². The predicted octanol–water partition coefficient (Wildman–Crippen LogP) is 5.02. The number of benzene rings is 2. The monoisotopic (exact) mass is 302 g/mol. The summed E-state index contributed by atoms with van der Waals surface area (Å²) in [5, 5.41) is 0.819. The van der Waals surface area contributed by atoms with Crippen molar-refractivity contribution < 1.29 is 9.18 Å². The molecule has 0 amide bonds. The zero-order valence-corrected chi connectivity index (χ0v) is 11.2. The van der Waals surface area contributed by atoms with Crippen LogP contribution in [0.15, 0.2) is 36.4 Å². The Hall–Kier alpha value is -1.09. The van der Waals surface area contributed by atoms with Gasteiger partial charge in [0.25, 0.3) is 0 Å². The number of ketones is 1. The van der Waals surface area contributed by atoms with Crippen molar-refractivity contribution in [2.45, 2.75) is 0 Å². The van der Waals surface area contributed by atoms with Gasteiger partial charge in [-0.05, 0) is 36.4 Å². The standard InChI is InChI=1S/C13H6Cl3FO/c14-8-2-3-9(12(17)6-8)13(18)7-1-4-10(15)11(16)5-7/h1-6H. The molecule has 0 aromatic heterocycles. The molecule has 0 heterocycles. The minimum Gasteiger partial charge on any atom is -0.288 e. The van der Waals surface area contributed by atoms with Gasteiger partial charge >= 0.3 is 0 Å². The lowest BCUT2D eigenvalue weighted by Gasteiger charge is -2.04. The molecule has 92 valence electrons. The topological polar surface area (TPSA) is 17.1 Å². The molecule has 0 aliphatic heterocycles. The first-order valence-corrected chi connectivity index (χ1v) is 6.07. The molecule has 0 fully saturated rings. The van der Waals surface area contributed by atoms with Crippen LogP contribution in [-0.4, -0.2) is 5.78 Å². The Labute approximate surface area is 118 Å². The van der Waals surface area contributed by atoms with Gasteiger partial charge in [-0.25, -0.2) is 4.39 Å². The summed E-state index contributed by atoms with van der Waals surface area (Å²) in [4.78, 5) is 12.1. The first-order chi connectivity index (χ1) is 8.49. The molecule has 2 rings (SSSR count). The van der Waals surface area contributed by atoms with E-state index >= 15 is 0 Å². The molecule has 18 heavy (non-hydrogen) atoms. The third kappa shape index (κ3) is 2.66. The summed E-state index contributed by atoms with van der Waals surface area (Å²) in [5.74, 6) is -1.14. The zero-order valence-electron chi connectivity index (χ0n) is 8.88. The Bertz CT molecular complexity index is 626. The van der Waals surface area contributed by atoms with Gasteiger partial charge in [0.05, 0.1) is 15.6 Å². The van der Waals surface area contributed by atoms with E-state index in [9.17, 15) is 9.18 Å². The van der Waals surface area contributed by atoms with Crippen molar-refractivity contribution in [3.63, 3.8) is 0 Å². The molecular formula is C13H6Cl3FO. The molecule has 0 saturated heterocycles. The Morgan fingerprint density at radius 3 is 2.28 bits per heavy atom. The minimum atomic E-state index is -0.668. The van der Waals surface area contributed by atoms with E-state index < -0.39 is 11.6 Å². The van der Waals surface area contributed by atoms with Crippen molar-refractivity contribution in [1.82, 2.24) is 0 Å². The van der Waals surface area contributed by atoms with Crippen LogP contribution in [0.25, 0.3) is 0 Å². The van der Waals surface area contributed by atoms with Crippen molar-refractivity contribution in [3.8, 4) is 0 Å². The van der Waals surface area contributed by atoms with E-state index in [1.54, 1.807) is 0 Å². The lowest BCUT2D eigenvalue weighted by Crippen LogP contribution is -2.04. The van der Waals surface area contributed by atoms with E-state index in [-0.39, 0.29) is 21.2 Å². The number of carbonyl (C=O) groups is 1. The average Bonchev–Trinajstić information content (AvgIpc) is 2.32. The summed E-state index contributed by atoms with van der Waals surface area (Å²) >= 11 is 17.2. The highest BCUT2D eigenvalue weighted by atomic mass is 35.5. The quantitative estimate of drug-likeness (QED) is 0.712. The number of hydrogen-bond acceptors (Lipinski definition) is 1. The summed E-state index contributed by atoms with van der Waals surface area (Å²) < 4.78 is 13.6. The van der Waals surface area contributed by atoms with E-state index in [1.165, 1.54) is 30.3 Å². The van der Waals surface area contributed by atoms with Crippen LogP contribution in [0.2, 0.25) is 15.1 Å². The molecule has 0 aliphatic rings. The first kappa shape index (κ1) is 13.3. The molecule has 0 spiro atoms. The van der Waals surface area contributed by atoms with Crippen LogP contribution in [0, 0.1) is 5.82 Å². The number of rotatable bonds is 2. The summed E-state index contributed by atoms with van der Waals surface area (Å²) in [6, 6.07) is 8.26. The third-order valence-electron chi connectivity index (χ3n) is 2.36. The highest BCUT2D eigenvalue weighted by molar-refractivity contribution is 6.42. The Morgan fingerprint density at radius 1 is 0.944 bits per heavy atom. The summed E-state index contributed by atoms with van der Waals surface area (Å²) in [6.07, 6.45) is 0. The molecule has 1 nitrogen and oxygen atoms in total. The second-order valence-electron chi connectivity index (χ2n) is 3.58. The molecule has 2 aromatic rings. The van der Waals surface area contributed by atoms with Crippen molar-refractivity contribution in [1.29, 1.82) is 0 Å². The van der Waals surface area contributed by atoms with Crippen LogP contribution in [0.3, 0.4) is 0 Å². The fourth-order valence-electron chi connectivity index (χ4n) is 1.47. The maximum Gasteiger partial charge on any atom is 0.196 e. The lowest BCUT2D eigenvalue weighted by molar-refractivity contribution is 0.103. The Morgan fingerprint density at radius 2 is 1.67 bits per heavy atom. The van der Waals surface area contributed by atoms with Gasteiger partial charge in [-0.2, -0.15) is 0 Å². The highest BCUT2D eigenvalue weighted by Crippen LogP contribution is 2.25. The van der Waals surface area contributed by atoms with E-state index in [0.29, 0.717) is 5.02 Å². The van der Waals surface area contributed by atoms with Crippen molar-refractivity contribution in [2.75, 3.05) is 0 Å². The molecule has 2 aromatic carbocycles. The second-order valence-corrected chi connectivity index (χ2v) is 4.83. The van der Waals surface area contributed by atoms with E-state index in [1.807, 2.05) is 0 Å². The molecule has 0 unspecified atom stereocenters. The lowest BCUT2D eigenvalue weighted by atomic mass is 10.0. The predicted molar refractivity (Wildman–Crippen MR) is 71.3 cm³/mol. The molecule has 0 radical (unpaired) electrons. The molecule has 0 N–H and O–H groups in total. The normalized spacial score (nSPS) is 10.4.